The van der Waals surface area contributed by atoms with Crippen LogP contribution in [-0.2, 0) is 16.6 Å². The smallest absolute Gasteiger partial charge is 0.244 e. The molecule has 1 fully saturated rings. The highest BCUT2D eigenvalue weighted by Gasteiger charge is 2.26. The zero-order valence-electron chi connectivity index (χ0n) is 13.0. The maximum Gasteiger partial charge on any atom is 0.244 e. The lowest BCUT2D eigenvalue weighted by molar-refractivity contribution is 0.346. The molecular weight excluding hydrogens is 316 g/mol. The summed E-state index contributed by atoms with van der Waals surface area (Å²) >= 11 is 0. The number of nitrogens with zero attached hydrogens (tertiary/aromatic N) is 3. The molecule has 0 atom stereocenters. The molecule has 0 spiro atoms. The molecule has 0 saturated carbocycles. The number of pyridine rings is 1. The number of rotatable bonds is 5. The van der Waals surface area contributed by atoms with Crippen LogP contribution < -0.4 is 5.32 Å². The maximum atomic E-state index is 12.5. The van der Waals surface area contributed by atoms with Gasteiger partial charge in [0, 0.05) is 25.4 Å². The lowest BCUT2D eigenvalue weighted by atomic mass is 10.2. The molecule has 124 valence electrons. The van der Waals surface area contributed by atoms with E-state index in [9.17, 15) is 8.42 Å². The molecule has 2 aromatic rings. The van der Waals surface area contributed by atoms with E-state index >= 15 is 0 Å². The van der Waals surface area contributed by atoms with E-state index < -0.39 is 10.0 Å². The first-order chi connectivity index (χ1) is 11.1. The fourth-order valence-corrected chi connectivity index (χ4v) is 4.03. The number of aryl methyl sites for hydroxylation is 1. The standard InChI is InChI=1S/C15H20N4O3S/c1-12-9-13(22-18-12)10-16-15-6-5-14(11-17-15)23(20,21)19-7-3-2-4-8-19/h5-6,9,11H,2-4,7-8,10H2,1H3,(H,16,17). The number of aromatic nitrogens is 2. The molecule has 1 N–H and O–H groups in total. The van der Waals surface area contributed by atoms with Crippen molar-refractivity contribution in [3.63, 3.8) is 0 Å². The number of piperidine rings is 1. The Kier molecular flexibility index (Phi) is 4.63. The SMILES string of the molecule is Cc1cc(CNc2ccc(S(=O)(=O)N3CCCCC3)cn2)on1. The van der Waals surface area contributed by atoms with Crippen molar-refractivity contribution in [2.24, 2.45) is 0 Å². The third kappa shape index (κ3) is 3.70. The van der Waals surface area contributed by atoms with E-state index in [-0.39, 0.29) is 4.90 Å². The van der Waals surface area contributed by atoms with E-state index in [4.69, 9.17) is 4.52 Å². The molecule has 0 aliphatic carbocycles. The van der Waals surface area contributed by atoms with Gasteiger partial charge in [-0.15, -0.1) is 0 Å². The summed E-state index contributed by atoms with van der Waals surface area (Å²) in [6, 6.07) is 5.09. The van der Waals surface area contributed by atoms with Crippen molar-refractivity contribution in [1.82, 2.24) is 14.4 Å². The Morgan fingerprint density at radius 1 is 1.26 bits per heavy atom. The van der Waals surface area contributed by atoms with Gasteiger partial charge in [-0.05, 0) is 31.9 Å². The van der Waals surface area contributed by atoms with E-state index in [1.54, 1.807) is 12.1 Å². The summed E-state index contributed by atoms with van der Waals surface area (Å²) in [5.74, 6) is 1.30. The monoisotopic (exact) mass is 336 g/mol. The Bertz CT molecular complexity index is 749. The van der Waals surface area contributed by atoms with Gasteiger partial charge in [0.15, 0.2) is 5.76 Å². The molecule has 1 aliphatic heterocycles. The fraction of sp³-hybridized carbons (Fsp3) is 0.467. The summed E-state index contributed by atoms with van der Waals surface area (Å²) in [5.41, 5.74) is 0.817. The van der Waals surface area contributed by atoms with Crippen LogP contribution in [0, 0.1) is 6.92 Å². The first-order valence-corrected chi connectivity index (χ1v) is 9.12. The van der Waals surface area contributed by atoms with Gasteiger partial charge < -0.3 is 9.84 Å². The third-order valence-corrected chi connectivity index (χ3v) is 5.69. The van der Waals surface area contributed by atoms with Crippen LogP contribution in [0.25, 0.3) is 0 Å². The predicted octanol–water partition coefficient (Wildman–Crippen LogP) is 2.16. The summed E-state index contributed by atoms with van der Waals surface area (Å²) in [6.07, 6.45) is 4.33. The van der Waals surface area contributed by atoms with Crippen LogP contribution in [0.15, 0.2) is 33.8 Å². The maximum absolute atomic E-state index is 12.5. The highest BCUT2D eigenvalue weighted by molar-refractivity contribution is 7.89. The van der Waals surface area contributed by atoms with Gasteiger partial charge in [-0.1, -0.05) is 11.6 Å². The minimum Gasteiger partial charge on any atom is -0.363 e. The first-order valence-electron chi connectivity index (χ1n) is 7.68. The molecule has 1 aliphatic rings. The highest BCUT2D eigenvalue weighted by atomic mass is 32.2. The van der Waals surface area contributed by atoms with E-state index in [0.29, 0.717) is 31.2 Å². The Hall–Kier alpha value is -1.93. The highest BCUT2D eigenvalue weighted by Crippen LogP contribution is 2.20. The first kappa shape index (κ1) is 15.9. The third-order valence-electron chi connectivity index (χ3n) is 3.81. The lowest BCUT2D eigenvalue weighted by Crippen LogP contribution is -2.35. The largest absolute Gasteiger partial charge is 0.363 e. The van der Waals surface area contributed by atoms with Gasteiger partial charge in [0.25, 0.3) is 0 Å². The van der Waals surface area contributed by atoms with Crippen LogP contribution in [-0.4, -0.2) is 36.0 Å². The van der Waals surface area contributed by atoms with Gasteiger partial charge in [-0.25, -0.2) is 13.4 Å². The number of nitrogens with one attached hydrogen (secondary N) is 1. The minimum absolute atomic E-state index is 0.237. The molecule has 3 heterocycles. The van der Waals surface area contributed by atoms with Crippen molar-refractivity contribution in [2.75, 3.05) is 18.4 Å². The quantitative estimate of drug-likeness (QED) is 0.900. The summed E-state index contributed by atoms with van der Waals surface area (Å²) in [6.45, 7) is 3.48. The molecule has 0 radical (unpaired) electrons. The minimum atomic E-state index is -3.43. The molecule has 7 nitrogen and oxygen atoms in total. The molecule has 0 amide bonds. The summed E-state index contributed by atoms with van der Waals surface area (Å²) in [5, 5.41) is 6.89. The number of anilines is 1. The summed E-state index contributed by atoms with van der Waals surface area (Å²) in [4.78, 5) is 4.42. The number of sulfonamides is 1. The van der Waals surface area contributed by atoms with Gasteiger partial charge in [-0.2, -0.15) is 4.31 Å². The molecule has 1 saturated heterocycles. The van der Waals surface area contributed by atoms with Crippen LogP contribution in [0.1, 0.15) is 30.7 Å². The molecule has 2 aromatic heterocycles. The van der Waals surface area contributed by atoms with Crippen molar-refractivity contribution >= 4 is 15.8 Å². The fourth-order valence-electron chi connectivity index (χ4n) is 2.57. The van der Waals surface area contributed by atoms with Crippen molar-refractivity contribution in [2.45, 2.75) is 37.6 Å². The second kappa shape index (κ2) is 6.67. The van der Waals surface area contributed by atoms with Crippen LogP contribution >= 0.6 is 0 Å². The second-order valence-corrected chi connectivity index (χ2v) is 7.57. The summed E-state index contributed by atoms with van der Waals surface area (Å²) < 4.78 is 31.7. The Labute approximate surface area is 135 Å². The topological polar surface area (TPSA) is 88.3 Å². The van der Waals surface area contributed by atoms with Gasteiger partial charge in [-0.3, -0.25) is 0 Å². The van der Waals surface area contributed by atoms with Crippen molar-refractivity contribution in [3.05, 3.63) is 35.9 Å². The zero-order chi connectivity index (χ0) is 16.3. The number of hydrogen-bond donors (Lipinski definition) is 1. The van der Waals surface area contributed by atoms with E-state index in [0.717, 1.165) is 25.0 Å². The molecule has 3 rings (SSSR count). The van der Waals surface area contributed by atoms with E-state index in [1.165, 1.54) is 10.5 Å². The normalized spacial score (nSPS) is 16.4. The van der Waals surface area contributed by atoms with E-state index in [1.807, 2.05) is 13.0 Å². The second-order valence-electron chi connectivity index (χ2n) is 5.63. The lowest BCUT2D eigenvalue weighted by Gasteiger charge is -2.25. The van der Waals surface area contributed by atoms with Gasteiger partial charge >= 0.3 is 0 Å². The van der Waals surface area contributed by atoms with Gasteiger partial charge in [0.1, 0.15) is 10.7 Å². The van der Waals surface area contributed by atoms with Crippen LogP contribution in [0.2, 0.25) is 0 Å². The Morgan fingerprint density at radius 2 is 2.04 bits per heavy atom. The van der Waals surface area contributed by atoms with Gasteiger partial charge in [0.2, 0.25) is 10.0 Å². The van der Waals surface area contributed by atoms with Crippen molar-refractivity contribution in [1.29, 1.82) is 0 Å². The average Bonchev–Trinajstić information content (AvgIpc) is 3.00. The van der Waals surface area contributed by atoms with Crippen molar-refractivity contribution in [3.8, 4) is 0 Å². The molecule has 0 unspecified atom stereocenters. The zero-order valence-corrected chi connectivity index (χ0v) is 13.8. The summed E-state index contributed by atoms with van der Waals surface area (Å²) in [7, 11) is -3.43. The van der Waals surface area contributed by atoms with Crippen LogP contribution in [0.4, 0.5) is 5.82 Å². The van der Waals surface area contributed by atoms with Crippen molar-refractivity contribution < 1.29 is 12.9 Å². The molecule has 8 heteroatoms. The average molecular weight is 336 g/mol. The Morgan fingerprint density at radius 3 is 2.65 bits per heavy atom. The molecular formula is C15H20N4O3S. The number of hydrogen-bond acceptors (Lipinski definition) is 6. The van der Waals surface area contributed by atoms with Crippen LogP contribution in [0.3, 0.4) is 0 Å². The molecule has 0 bridgehead atoms. The predicted molar refractivity (Wildman–Crippen MR) is 85.4 cm³/mol. The molecule has 23 heavy (non-hydrogen) atoms. The van der Waals surface area contributed by atoms with E-state index in [2.05, 4.69) is 15.5 Å². The van der Waals surface area contributed by atoms with Gasteiger partial charge in [0.05, 0.1) is 12.2 Å². The Balaban J connectivity index is 1.66. The van der Waals surface area contributed by atoms with Crippen LogP contribution in [0.5, 0.6) is 0 Å². The molecule has 0 aromatic carbocycles.